The summed E-state index contributed by atoms with van der Waals surface area (Å²) in [5.41, 5.74) is 2.15. The molecule has 68 valence electrons. The minimum Gasteiger partial charge on any atom is -0.344 e. The van der Waals surface area contributed by atoms with Crippen LogP contribution in [0.5, 0.6) is 0 Å². The Labute approximate surface area is 77.4 Å². The Morgan fingerprint density at radius 1 is 1.54 bits per heavy atom. The summed E-state index contributed by atoms with van der Waals surface area (Å²) in [5, 5.41) is 0. The molecule has 0 aliphatic carbocycles. The van der Waals surface area contributed by atoms with Gasteiger partial charge in [0.1, 0.15) is 0 Å². The van der Waals surface area contributed by atoms with E-state index in [1.54, 1.807) is 4.90 Å². The predicted octanol–water partition coefficient (Wildman–Crippen LogP) is 0.946. The van der Waals surface area contributed by atoms with Gasteiger partial charge in [-0.25, -0.2) is 0 Å². The Morgan fingerprint density at radius 2 is 2.31 bits per heavy atom. The molecule has 2 rings (SSSR count). The lowest BCUT2D eigenvalue weighted by Gasteiger charge is -2.35. The fourth-order valence-corrected chi connectivity index (χ4v) is 1.58. The molecule has 1 aliphatic rings. The van der Waals surface area contributed by atoms with Gasteiger partial charge in [-0.2, -0.15) is 0 Å². The number of nitrogens with zero attached hydrogens (tertiary/aromatic N) is 2. The molecule has 13 heavy (non-hydrogen) atoms. The minimum atomic E-state index is 0.449. The van der Waals surface area contributed by atoms with Crippen LogP contribution in [0.15, 0.2) is 18.2 Å². The zero-order valence-corrected chi connectivity index (χ0v) is 7.60. The molecule has 1 aromatic rings. The van der Waals surface area contributed by atoms with Gasteiger partial charge in [-0.15, -0.1) is 0 Å². The molecule has 3 nitrogen and oxygen atoms in total. The standard InChI is InChI=1S/C10H12N2O/c1-8-3-2-4-10(11-8)9-5-12(6-9)7-13/h2-4,7,9H,5-6H2,1H3. The van der Waals surface area contributed by atoms with Crippen molar-refractivity contribution >= 4 is 6.41 Å². The van der Waals surface area contributed by atoms with Gasteiger partial charge in [0.25, 0.3) is 0 Å². The molecule has 0 unspecified atom stereocenters. The van der Waals surface area contributed by atoms with Crippen LogP contribution in [0.25, 0.3) is 0 Å². The molecular weight excluding hydrogens is 164 g/mol. The van der Waals surface area contributed by atoms with Crippen LogP contribution >= 0.6 is 0 Å². The highest BCUT2D eigenvalue weighted by atomic mass is 16.1. The van der Waals surface area contributed by atoms with Gasteiger partial charge in [-0.3, -0.25) is 9.78 Å². The number of hydrogen-bond acceptors (Lipinski definition) is 2. The first-order valence-electron chi connectivity index (χ1n) is 4.42. The van der Waals surface area contributed by atoms with Gasteiger partial charge in [0.15, 0.2) is 0 Å². The summed E-state index contributed by atoms with van der Waals surface area (Å²) in [7, 11) is 0. The number of amides is 1. The van der Waals surface area contributed by atoms with Gasteiger partial charge in [0.05, 0.1) is 0 Å². The van der Waals surface area contributed by atoms with E-state index in [0.29, 0.717) is 5.92 Å². The van der Waals surface area contributed by atoms with E-state index in [-0.39, 0.29) is 0 Å². The van der Waals surface area contributed by atoms with Crippen LogP contribution < -0.4 is 0 Å². The summed E-state index contributed by atoms with van der Waals surface area (Å²) in [6.07, 6.45) is 0.895. The van der Waals surface area contributed by atoms with E-state index < -0.39 is 0 Å². The van der Waals surface area contributed by atoms with Crippen LogP contribution in [0.1, 0.15) is 17.3 Å². The highest BCUT2D eigenvalue weighted by molar-refractivity contribution is 5.49. The van der Waals surface area contributed by atoms with Crippen LogP contribution in [0.4, 0.5) is 0 Å². The van der Waals surface area contributed by atoms with Crippen molar-refractivity contribution in [3.05, 3.63) is 29.6 Å². The Balaban J connectivity index is 2.07. The van der Waals surface area contributed by atoms with E-state index >= 15 is 0 Å². The monoisotopic (exact) mass is 176 g/mol. The maximum Gasteiger partial charge on any atom is 0.209 e. The van der Waals surface area contributed by atoms with Crippen LogP contribution in [0.3, 0.4) is 0 Å². The summed E-state index contributed by atoms with van der Waals surface area (Å²) in [5.74, 6) is 0.449. The largest absolute Gasteiger partial charge is 0.344 e. The van der Waals surface area contributed by atoms with E-state index in [1.807, 2.05) is 25.1 Å². The molecule has 3 heteroatoms. The van der Waals surface area contributed by atoms with Crippen molar-refractivity contribution in [1.82, 2.24) is 9.88 Å². The third-order valence-corrected chi connectivity index (χ3v) is 2.39. The van der Waals surface area contributed by atoms with E-state index in [9.17, 15) is 4.79 Å². The Bertz CT molecular complexity index is 318. The van der Waals surface area contributed by atoms with Gasteiger partial charge >= 0.3 is 0 Å². The quantitative estimate of drug-likeness (QED) is 0.628. The van der Waals surface area contributed by atoms with E-state index in [2.05, 4.69) is 4.98 Å². The molecule has 1 fully saturated rings. The number of carbonyl (C=O) groups excluding carboxylic acids is 1. The zero-order valence-electron chi connectivity index (χ0n) is 7.60. The third-order valence-electron chi connectivity index (χ3n) is 2.39. The van der Waals surface area contributed by atoms with Crippen molar-refractivity contribution in [2.45, 2.75) is 12.8 Å². The zero-order chi connectivity index (χ0) is 9.26. The molecule has 1 saturated heterocycles. The smallest absolute Gasteiger partial charge is 0.209 e. The number of aryl methyl sites for hydroxylation is 1. The lowest BCUT2D eigenvalue weighted by atomic mass is 9.96. The summed E-state index contributed by atoms with van der Waals surface area (Å²) in [6, 6.07) is 6.03. The molecule has 0 atom stereocenters. The highest BCUT2D eigenvalue weighted by Crippen LogP contribution is 2.23. The number of carbonyl (C=O) groups is 1. The molecule has 0 N–H and O–H groups in total. The summed E-state index contributed by atoms with van der Waals surface area (Å²) in [6.45, 7) is 3.62. The Hall–Kier alpha value is -1.38. The molecule has 0 aromatic carbocycles. The normalized spacial score (nSPS) is 16.8. The fourth-order valence-electron chi connectivity index (χ4n) is 1.58. The number of hydrogen-bond donors (Lipinski definition) is 0. The maximum atomic E-state index is 10.3. The van der Waals surface area contributed by atoms with Gasteiger partial charge in [-0.05, 0) is 19.1 Å². The van der Waals surface area contributed by atoms with Crippen molar-refractivity contribution in [2.75, 3.05) is 13.1 Å². The first-order valence-corrected chi connectivity index (χ1v) is 4.42. The highest BCUT2D eigenvalue weighted by Gasteiger charge is 2.27. The topological polar surface area (TPSA) is 33.2 Å². The molecule has 0 spiro atoms. The Kier molecular flexibility index (Phi) is 2.00. The molecule has 0 radical (unpaired) electrons. The summed E-state index contributed by atoms with van der Waals surface area (Å²) < 4.78 is 0. The minimum absolute atomic E-state index is 0.449. The van der Waals surface area contributed by atoms with Gasteiger partial charge in [0, 0.05) is 30.4 Å². The van der Waals surface area contributed by atoms with E-state index in [4.69, 9.17) is 0 Å². The van der Waals surface area contributed by atoms with Crippen molar-refractivity contribution < 1.29 is 4.79 Å². The molecule has 2 heterocycles. The molecule has 0 bridgehead atoms. The molecule has 0 saturated carbocycles. The van der Waals surface area contributed by atoms with E-state index in [0.717, 1.165) is 30.9 Å². The van der Waals surface area contributed by atoms with E-state index in [1.165, 1.54) is 0 Å². The summed E-state index contributed by atoms with van der Waals surface area (Å²) in [4.78, 5) is 16.5. The fraction of sp³-hybridized carbons (Fsp3) is 0.400. The number of pyridine rings is 1. The van der Waals surface area contributed by atoms with Gasteiger partial charge in [0.2, 0.25) is 6.41 Å². The van der Waals surface area contributed by atoms with Gasteiger partial charge in [-0.1, -0.05) is 6.07 Å². The molecule has 1 aliphatic heterocycles. The number of likely N-dealkylation sites (tertiary alicyclic amines) is 1. The first-order chi connectivity index (χ1) is 6.29. The molecule has 1 amide bonds. The predicted molar refractivity (Wildman–Crippen MR) is 49.4 cm³/mol. The van der Waals surface area contributed by atoms with Crippen LogP contribution in [0, 0.1) is 6.92 Å². The summed E-state index contributed by atoms with van der Waals surface area (Å²) >= 11 is 0. The lowest BCUT2D eigenvalue weighted by Crippen LogP contribution is -2.44. The van der Waals surface area contributed by atoms with Crippen molar-refractivity contribution in [3.8, 4) is 0 Å². The first kappa shape index (κ1) is 8.23. The van der Waals surface area contributed by atoms with Crippen LogP contribution in [-0.4, -0.2) is 29.4 Å². The molecular formula is C10H12N2O. The third kappa shape index (κ3) is 1.54. The molecule has 1 aromatic heterocycles. The maximum absolute atomic E-state index is 10.3. The number of rotatable bonds is 2. The number of aromatic nitrogens is 1. The van der Waals surface area contributed by atoms with Crippen molar-refractivity contribution in [2.24, 2.45) is 0 Å². The lowest BCUT2D eigenvalue weighted by molar-refractivity contribution is -0.122. The van der Waals surface area contributed by atoms with Crippen molar-refractivity contribution in [1.29, 1.82) is 0 Å². The van der Waals surface area contributed by atoms with Gasteiger partial charge < -0.3 is 4.90 Å². The Morgan fingerprint density at radius 3 is 2.92 bits per heavy atom. The average Bonchev–Trinajstić information content (AvgIpc) is 2.02. The second-order valence-electron chi connectivity index (χ2n) is 3.46. The SMILES string of the molecule is Cc1cccc(C2CN(C=O)C2)n1. The second-order valence-corrected chi connectivity index (χ2v) is 3.46. The van der Waals surface area contributed by atoms with Crippen LogP contribution in [-0.2, 0) is 4.79 Å². The van der Waals surface area contributed by atoms with Crippen molar-refractivity contribution in [3.63, 3.8) is 0 Å². The average molecular weight is 176 g/mol. The van der Waals surface area contributed by atoms with Crippen LogP contribution in [0.2, 0.25) is 0 Å². The second kappa shape index (κ2) is 3.17.